The molecular formula is C17H20O5S2. The van der Waals surface area contributed by atoms with E-state index in [9.17, 15) is 16.8 Å². The van der Waals surface area contributed by atoms with E-state index in [4.69, 9.17) is 4.18 Å². The molecule has 0 heterocycles. The van der Waals surface area contributed by atoms with Crippen LogP contribution in [0.4, 0.5) is 0 Å². The first-order valence-electron chi connectivity index (χ1n) is 7.48. The van der Waals surface area contributed by atoms with Crippen molar-refractivity contribution in [3.63, 3.8) is 0 Å². The second-order valence-electron chi connectivity index (χ2n) is 5.63. The predicted molar refractivity (Wildman–Crippen MR) is 92.5 cm³/mol. The first-order valence-corrected chi connectivity index (χ1v) is 10.8. The fourth-order valence-electron chi connectivity index (χ4n) is 2.20. The lowest BCUT2D eigenvalue weighted by Gasteiger charge is -2.15. The number of benzene rings is 2. The summed E-state index contributed by atoms with van der Waals surface area (Å²) >= 11 is 0. The van der Waals surface area contributed by atoms with Crippen LogP contribution in [0.15, 0.2) is 58.3 Å². The van der Waals surface area contributed by atoms with Gasteiger partial charge in [0.25, 0.3) is 0 Å². The highest BCUT2D eigenvalue weighted by Crippen LogP contribution is 2.30. The molecule has 7 heteroatoms. The highest BCUT2D eigenvalue weighted by atomic mass is 32.2. The van der Waals surface area contributed by atoms with Gasteiger partial charge in [-0.3, -0.25) is 0 Å². The molecule has 0 bridgehead atoms. The van der Waals surface area contributed by atoms with E-state index in [2.05, 4.69) is 0 Å². The van der Waals surface area contributed by atoms with Gasteiger partial charge in [0, 0.05) is 6.26 Å². The van der Waals surface area contributed by atoms with E-state index in [1.54, 1.807) is 12.1 Å². The molecule has 0 saturated carbocycles. The zero-order valence-electron chi connectivity index (χ0n) is 13.8. The van der Waals surface area contributed by atoms with Gasteiger partial charge < -0.3 is 4.18 Å². The molecule has 0 N–H and O–H groups in total. The quantitative estimate of drug-likeness (QED) is 0.731. The Bertz CT molecular complexity index is 914. The maximum atomic E-state index is 12.5. The number of hydrogen-bond acceptors (Lipinski definition) is 5. The lowest BCUT2D eigenvalue weighted by Crippen LogP contribution is -2.12. The van der Waals surface area contributed by atoms with Crippen molar-refractivity contribution >= 4 is 20.0 Å². The summed E-state index contributed by atoms with van der Waals surface area (Å²) in [7, 11) is -7.42. The molecule has 130 valence electrons. The average Bonchev–Trinajstić information content (AvgIpc) is 2.53. The van der Waals surface area contributed by atoms with Gasteiger partial charge in [-0.05, 0) is 48.2 Å². The van der Waals surface area contributed by atoms with Gasteiger partial charge in [0.1, 0.15) is 10.6 Å². The molecule has 1 unspecified atom stereocenters. The van der Waals surface area contributed by atoms with Gasteiger partial charge in [0.15, 0.2) is 9.84 Å². The van der Waals surface area contributed by atoms with E-state index in [1.807, 2.05) is 26.0 Å². The van der Waals surface area contributed by atoms with Gasteiger partial charge in [-0.2, -0.15) is 8.42 Å². The SMILES string of the molecule is CCC(C)c1ccccc1OS(=O)(=O)c1ccc(S(C)(=O)=O)cc1. The minimum Gasteiger partial charge on any atom is -0.379 e. The lowest BCUT2D eigenvalue weighted by molar-refractivity contribution is 0.479. The van der Waals surface area contributed by atoms with Crippen LogP contribution in [0.5, 0.6) is 5.75 Å². The largest absolute Gasteiger partial charge is 0.379 e. The molecule has 0 aromatic heterocycles. The van der Waals surface area contributed by atoms with E-state index in [1.165, 1.54) is 24.3 Å². The Morgan fingerprint density at radius 3 is 2.00 bits per heavy atom. The Hall–Kier alpha value is -1.86. The van der Waals surface area contributed by atoms with Gasteiger partial charge >= 0.3 is 10.1 Å². The number of para-hydroxylation sites is 1. The van der Waals surface area contributed by atoms with E-state index >= 15 is 0 Å². The van der Waals surface area contributed by atoms with Gasteiger partial charge in [0.2, 0.25) is 0 Å². The third kappa shape index (κ3) is 4.15. The van der Waals surface area contributed by atoms with Crippen LogP contribution in [0, 0.1) is 0 Å². The van der Waals surface area contributed by atoms with Crippen molar-refractivity contribution in [2.24, 2.45) is 0 Å². The molecule has 0 aliphatic heterocycles. The second kappa shape index (κ2) is 6.94. The van der Waals surface area contributed by atoms with Crippen molar-refractivity contribution in [2.45, 2.75) is 36.0 Å². The molecule has 0 amide bonds. The zero-order valence-corrected chi connectivity index (χ0v) is 15.4. The van der Waals surface area contributed by atoms with Gasteiger partial charge in [-0.15, -0.1) is 0 Å². The third-order valence-electron chi connectivity index (χ3n) is 3.80. The zero-order chi connectivity index (χ0) is 18.0. The molecule has 5 nitrogen and oxygen atoms in total. The normalized spacial score (nSPS) is 13.5. The van der Waals surface area contributed by atoms with Gasteiger partial charge in [-0.1, -0.05) is 32.0 Å². The topological polar surface area (TPSA) is 77.5 Å². The van der Waals surface area contributed by atoms with E-state index in [0.717, 1.165) is 18.2 Å². The third-order valence-corrected chi connectivity index (χ3v) is 6.18. The van der Waals surface area contributed by atoms with Crippen LogP contribution in [-0.4, -0.2) is 23.1 Å². The summed E-state index contributed by atoms with van der Waals surface area (Å²) in [6.07, 6.45) is 1.92. The molecule has 0 aliphatic carbocycles. The van der Waals surface area contributed by atoms with E-state index in [0.29, 0.717) is 5.75 Å². The van der Waals surface area contributed by atoms with Crippen molar-refractivity contribution in [3.8, 4) is 5.75 Å². The summed E-state index contributed by atoms with van der Waals surface area (Å²) in [6, 6.07) is 12.0. The first kappa shape index (κ1) is 18.5. The Morgan fingerprint density at radius 2 is 1.46 bits per heavy atom. The standard InChI is InChI=1S/C17H20O5S2/c1-4-13(2)16-7-5-6-8-17(16)22-24(20,21)15-11-9-14(10-12-15)23(3,18)19/h5-13H,4H2,1-3H3. The minimum atomic E-state index is -4.03. The number of hydrogen-bond donors (Lipinski definition) is 0. The van der Waals surface area contributed by atoms with Crippen molar-refractivity contribution in [2.75, 3.05) is 6.26 Å². The summed E-state index contributed by atoms with van der Waals surface area (Å²) in [5, 5.41) is 0. The molecular weight excluding hydrogens is 348 g/mol. The molecule has 0 aliphatic rings. The maximum Gasteiger partial charge on any atom is 0.339 e. The van der Waals surface area contributed by atoms with Crippen LogP contribution in [0.3, 0.4) is 0 Å². The molecule has 0 radical (unpaired) electrons. The van der Waals surface area contributed by atoms with Crippen molar-refractivity contribution in [1.82, 2.24) is 0 Å². The fourth-order valence-corrected chi connectivity index (χ4v) is 3.79. The Kier molecular flexibility index (Phi) is 5.35. The molecule has 2 rings (SSSR count). The second-order valence-corrected chi connectivity index (χ2v) is 9.19. The summed E-state index contributed by atoms with van der Waals surface area (Å²) < 4.78 is 53.1. The minimum absolute atomic E-state index is 0.0569. The van der Waals surface area contributed by atoms with Crippen molar-refractivity contribution in [3.05, 3.63) is 54.1 Å². The lowest BCUT2D eigenvalue weighted by atomic mass is 9.98. The van der Waals surface area contributed by atoms with Crippen LogP contribution in [0.2, 0.25) is 0 Å². The maximum absolute atomic E-state index is 12.5. The molecule has 0 spiro atoms. The molecule has 0 fully saturated rings. The highest BCUT2D eigenvalue weighted by Gasteiger charge is 2.20. The summed E-state index contributed by atoms with van der Waals surface area (Å²) in [4.78, 5) is -0.0321. The Labute approximate surface area is 143 Å². The van der Waals surface area contributed by atoms with Gasteiger partial charge in [-0.25, -0.2) is 8.42 Å². The monoisotopic (exact) mass is 368 g/mol. The number of sulfone groups is 1. The number of rotatable bonds is 6. The first-order chi connectivity index (χ1) is 11.1. The van der Waals surface area contributed by atoms with E-state index in [-0.39, 0.29) is 15.7 Å². The van der Waals surface area contributed by atoms with Crippen molar-refractivity contribution < 1.29 is 21.0 Å². The summed E-state index contributed by atoms with van der Waals surface area (Å²) in [6.45, 7) is 4.01. The van der Waals surface area contributed by atoms with E-state index < -0.39 is 20.0 Å². The predicted octanol–water partition coefficient (Wildman–Crippen LogP) is 3.37. The van der Waals surface area contributed by atoms with Crippen LogP contribution in [0.1, 0.15) is 31.7 Å². The summed E-state index contributed by atoms with van der Waals surface area (Å²) in [5.74, 6) is 0.447. The molecule has 1 atom stereocenters. The van der Waals surface area contributed by atoms with Crippen molar-refractivity contribution in [1.29, 1.82) is 0 Å². The smallest absolute Gasteiger partial charge is 0.339 e. The molecule has 2 aromatic carbocycles. The van der Waals surface area contributed by atoms with Crippen LogP contribution in [0.25, 0.3) is 0 Å². The van der Waals surface area contributed by atoms with Crippen LogP contribution < -0.4 is 4.18 Å². The molecule has 24 heavy (non-hydrogen) atoms. The summed E-state index contributed by atoms with van der Waals surface area (Å²) in [5.41, 5.74) is 0.816. The molecule has 2 aromatic rings. The highest BCUT2D eigenvalue weighted by molar-refractivity contribution is 7.90. The average molecular weight is 368 g/mol. The van der Waals surface area contributed by atoms with Crippen LogP contribution >= 0.6 is 0 Å². The van der Waals surface area contributed by atoms with Gasteiger partial charge in [0.05, 0.1) is 4.90 Å². The Balaban J connectivity index is 2.36. The Morgan fingerprint density at radius 1 is 0.917 bits per heavy atom. The van der Waals surface area contributed by atoms with Crippen LogP contribution in [-0.2, 0) is 20.0 Å². The molecule has 0 saturated heterocycles. The fraction of sp³-hybridized carbons (Fsp3) is 0.294.